The molecule has 0 saturated heterocycles. The lowest BCUT2D eigenvalue weighted by Gasteiger charge is -2.20. The van der Waals surface area contributed by atoms with Crippen LogP contribution in [0.15, 0.2) is 24.3 Å². The highest BCUT2D eigenvalue weighted by Crippen LogP contribution is 2.43. The van der Waals surface area contributed by atoms with Gasteiger partial charge >= 0.3 is 19.8 Å². The third-order valence-electron chi connectivity index (χ3n) is 8.61. The molecule has 0 bridgehead atoms. The molecule has 0 aliphatic carbocycles. The van der Waals surface area contributed by atoms with E-state index < -0.39 is 51.8 Å². The highest BCUT2D eigenvalue weighted by molar-refractivity contribution is 7.47. The van der Waals surface area contributed by atoms with Crippen molar-refractivity contribution in [1.82, 2.24) is 0 Å². The maximum absolute atomic E-state index is 12.6. The Hall–Kier alpha value is -1.55. The summed E-state index contributed by atoms with van der Waals surface area (Å²) < 4.78 is 32.6. The zero-order valence-electron chi connectivity index (χ0n) is 32.3. The fourth-order valence-electron chi connectivity index (χ4n) is 5.43. The first-order chi connectivity index (χ1) is 24.7. The zero-order chi connectivity index (χ0) is 37.7. The number of aliphatic hydroxyl groups is 2. The standard InChI is InChI=1S/C40H75O10P/c1-3-5-7-9-11-13-15-17-18-20-21-23-25-27-29-31-39(43)47-35-38(36-49-51(45,46)48-34-37(42)33-41)50-40(44)32-30-28-26-24-22-19-16-14-12-10-8-6-4-2/h17-18,21,23,37-38,41-42H,3-16,19-20,22,24-36H2,1-2H3,(H,45,46)/b18-17+,23-21+/t37-,38+/m0/s1. The Balaban J connectivity index is 4.38. The molecule has 0 aromatic heterocycles. The molecule has 0 amide bonds. The second-order valence-electron chi connectivity index (χ2n) is 13.7. The lowest BCUT2D eigenvalue weighted by Crippen LogP contribution is -2.29. The zero-order valence-corrected chi connectivity index (χ0v) is 33.2. The van der Waals surface area contributed by atoms with E-state index in [2.05, 4.69) is 42.7 Å². The summed E-state index contributed by atoms with van der Waals surface area (Å²) in [6.07, 6.45) is 34.3. The third-order valence-corrected chi connectivity index (χ3v) is 9.56. The van der Waals surface area contributed by atoms with E-state index in [9.17, 15) is 24.2 Å². The van der Waals surface area contributed by atoms with Crippen LogP contribution in [0.5, 0.6) is 0 Å². The maximum atomic E-state index is 12.6. The van der Waals surface area contributed by atoms with Gasteiger partial charge in [-0.3, -0.25) is 18.6 Å². The lowest BCUT2D eigenvalue weighted by molar-refractivity contribution is -0.161. The summed E-state index contributed by atoms with van der Waals surface area (Å²) in [6.45, 7) is 2.33. The van der Waals surface area contributed by atoms with Crippen LogP contribution in [0.25, 0.3) is 0 Å². The van der Waals surface area contributed by atoms with Crippen molar-refractivity contribution < 1.29 is 47.8 Å². The van der Waals surface area contributed by atoms with E-state index in [4.69, 9.17) is 19.1 Å². The number of phosphoric acid groups is 1. The number of hydrogen-bond acceptors (Lipinski definition) is 9. The van der Waals surface area contributed by atoms with Crippen molar-refractivity contribution >= 4 is 19.8 Å². The SMILES string of the molecule is CCCCCCCC/C=C/C/C=C/CCCCC(=O)OC[C@H](COP(=O)(O)OC[C@@H](O)CO)OC(=O)CCCCCCCCCCCCCCC. The van der Waals surface area contributed by atoms with Gasteiger partial charge in [0, 0.05) is 12.8 Å². The van der Waals surface area contributed by atoms with Crippen LogP contribution in [0.2, 0.25) is 0 Å². The van der Waals surface area contributed by atoms with E-state index >= 15 is 0 Å². The molecule has 0 aromatic rings. The highest BCUT2D eigenvalue weighted by Gasteiger charge is 2.27. The molecular weight excluding hydrogens is 671 g/mol. The minimum Gasteiger partial charge on any atom is -0.462 e. The first-order valence-corrected chi connectivity index (χ1v) is 21.8. The highest BCUT2D eigenvalue weighted by atomic mass is 31.2. The lowest BCUT2D eigenvalue weighted by atomic mass is 10.0. The number of phosphoric ester groups is 1. The van der Waals surface area contributed by atoms with Gasteiger partial charge in [-0.05, 0) is 44.9 Å². The predicted octanol–water partition coefficient (Wildman–Crippen LogP) is 10.2. The van der Waals surface area contributed by atoms with Gasteiger partial charge in [-0.1, -0.05) is 147 Å². The number of ether oxygens (including phenoxy) is 2. The number of hydrogen-bond donors (Lipinski definition) is 3. The second kappa shape index (κ2) is 36.8. The quantitative estimate of drug-likeness (QED) is 0.0241. The largest absolute Gasteiger partial charge is 0.472 e. The molecule has 10 nitrogen and oxygen atoms in total. The van der Waals surface area contributed by atoms with Crippen LogP contribution in [0.1, 0.15) is 181 Å². The van der Waals surface area contributed by atoms with Gasteiger partial charge in [0.05, 0.1) is 19.8 Å². The number of carbonyl (C=O) groups excluding carboxylic acids is 2. The summed E-state index contributed by atoms with van der Waals surface area (Å²) in [5, 5.41) is 18.3. The first-order valence-electron chi connectivity index (χ1n) is 20.3. The maximum Gasteiger partial charge on any atom is 0.472 e. The van der Waals surface area contributed by atoms with Crippen LogP contribution >= 0.6 is 7.82 Å². The monoisotopic (exact) mass is 747 g/mol. The molecule has 3 N–H and O–H groups in total. The molecule has 0 aliphatic rings. The summed E-state index contributed by atoms with van der Waals surface area (Å²) >= 11 is 0. The normalized spacial score (nSPS) is 14.2. The molecule has 0 rings (SSSR count). The molecule has 51 heavy (non-hydrogen) atoms. The van der Waals surface area contributed by atoms with Crippen molar-refractivity contribution in [2.24, 2.45) is 0 Å². The molecule has 0 saturated carbocycles. The van der Waals surface area contributed by atoms with E-state index in [1.165, 1.54) is 96.3 Å². The van der Waals surface area contributed by atoms with Gasteiger partial charge in [0.15, 0.2) is 6.10 Å². The summed E-state index contributed by atoms with van der Waals surface area (Å²) in [5.74, 6) is -0.959. The summed E-state index contributed by atoms with van der Waals surface area (Å²) in [4.78, 5) is 34.8. The van der Waals surface area contributed by atoms with Crippen molar-refractivity contribution in [1.29, 1.82) is 0 Å². The van der Waals surface area contributed by atoms with Crippen molar-refractivity contribution in [3.05, 3.63) is 24.3 Å². The topological polar surface area (TPSA) is 149 Å². The Morgan fingerprint density at radius 3 is 1.55 bits per heavy atom. The Morgan fingerprint density at radius 1 is 0.588 bits per heavy atom. The first kappa shape index (κ1) is 49.5. The van der Waals surface area contributed by atoms with Crippen LogP contribution in [0.3, 0.4) is 0 Å². The molecular formula is C40H75O10P. The van der Waals surface area contributed by atoms with Crippen LogP contribution in [-0.2, 0) is 32.7 Å². The van der Waals surface area contributed by atoms with Crippen molar-refractivity contribution in [3.8, 4) is 0 Å². The van der Waals surface area contributed by atoms with Gasteiger partial charge in [0.25, 0.3) is 0 Å². The number of unbranched alkanes of at least 4 members (excludes halogenated alkanes) is 20. The van der Waals surface area contributed by atoms with Gasteiger partial charge in [-0.25, -0.2) is 4.57 Å². The van der Waals surface area contributed by atoms with E-state index in [1.807, 2.05) is 0 Å². The fourth-order valence-corrected chi connectivity index (χ4v) is 6.22. The smallest absolute Gasteiger partial charge is 0.462 e. The van der Waals surface area contributed by atoms with Gasteiger partial charge < -0.3 is 24.6 Å². The molecule has 0 fully saturated rings. The summed E-state index contributed by atoms with van der Waals surface area (Å²) in [7, 11) is -4.62. The number of aliphatic hydroxyl groups excluding tert-OH is 2. The van der Waals surface area contributed by atoms with Gasteiger partial charge in [0.1, 0.15) is 12.7 Å². The average Bonchev–Trinajstić information content (AvgIpc) is 3.12. The van der Waals surface area contributed by atoms with E-state index in [-0.39, 0.29) is 19.4 Å². The Labute approximate surface area is 310 Å². The van der Waals surface area contributed by atoms with Crippen LogP contribution in [0.4, 0.5) is 0 Å². The number of allylic oxidation sites excluding steroid dienone is 4. The van der Waals surface area contributed by atoms with Gasteiger partial charge in [0.2, 0.25) is 0 Å². The predicted molar refractivity (Wildman–Crippen MR) is 205 cm³/mol. The Kier molecular flexibility index (Phi) is 35.7. The minimum atomic E-state index is -4.62. The molecule has 3 atom stereocenters. The summed E-state index contributed by atoms with van der Waals surface area (Å²) in [6, 6.07) is 0. The molecule has 0 spiro atoms. The van der Waals surface area contributed by atoms with Crippen molar-refractivity contribution in [3.63, 3.8) is 0 Å². The molecule has 0 aliphatic heterocycles. The Morgan fingerprint density at radius 2 is 1.02 bits per heavy atom. The molecule has 300 valence electrons. The van der Waals surface area contributed by atoms with Crippen molar-refractivity contribution in [2.45, 2.75) is 193 Å². The molecule has 11 heteroatoms. The molecule has 0 aromatic carbocycles. The molecule has 1 unspecified atom stereocenters. The molecule has 0 heterocycles. The van der Waals surface area contributed by atoms with Crippen LogP contribution in [0, 0.1) is 0 Å². The second-order valence-corrected chi connectivity index (χ2v) is 15.1. The number of carbonyl (C=O) groups is 2. The Bertz CT molecular complexity index is 910. The van der Waals surface area contributed by atoms with Crippen LogP contribution < -0.4 is 0 Å². The van der Waals surface area contributed by atoms with E-state index in [1.54, 1.807) is 0 Å². The molecule has 0 radical (unpaired) electrons. The number of rotatable bonds is 38. The van der Waals surface area contributed by atoms with Gasteiger partial charge in [-0.2, -0.15) is 0 Å². The van der Waals surface area contributed by atoms with E-state index in [0.717, 1.165) is 44.9 Å². The summed E-state index contributed by atoms with van der Waals surface area (Å²) in [5.41, 5.74) is 0. The number of esters is 2. The average molecular weight is 747 g/mol. The van der Waals surface area contributed by atoms with Crippen LogP contribution in [-0.4, -0.2) is 65.7 Å². The van der Waals surface area contributed by atoms with Crippen molar-refractivity contribution in [2.75, 3.05) is 26.4 Å². The van der Waals surface area contributed by atoms with E-state index in [0.29, 0.717) is 12.8 Å². The van der Waals surface area contributed by atoms with Gasteiger partial charge in [-0.15, -0.1) is 0 Å². The third kappa shape index (κ3) is 36.6. The minimum absolute atomic E-state index is 0.181. The fraction of sp³-hybridized carbons (Fsp3) is 0.850.